The Hall–Kier alpha value is -1.03. The molecule has 64 valence electrons. The van der Waals surface area contributed by atoms with Crippen molar-refractivity contribution in [1.82, 2.24) is 5.48 Å². The van der Waals surface area contributed by atoms with E-state index < -0.39 is 5.91 Å². The van der Waals surface area contributed by atoms with Crippen LogP contribution in [0.5, 0.6) is 0 Å². The van der Waals surface area contributed by atoms with E-state index in [4.69, 9.17) is 9.94 Å². The molecule has 0 saturated carbocycles. The fourth-order valence-corrected chi connectivity index (χ4v) is 0.553. The Bertz CT molecular complexity index is 154. The molecule has 0 unspecified atom stereocenters. The summed E-state index contributed by atoms with van der Waals surface area (Å²) >= 11 is 0. The first-order valence-corrected chi connectivity index (χ1v) is 3.51. The summed E-state index contributed by atoms with van der Waals surface area (Å²) in [5.41, 5.74) is 1.96. The highest BCUT2D eigenvalue weighted by atomic mass is 16.5. The third kappa shape index (κ3) is 3.62. The second kappa shape index (κ2) is 5.73. The Balaban J connectivity index is 4.03. The van der Waals surface area contributed by atoms with Crippen molar-refractivity contribution in [3.8, 4) is 0 Å². The standard InChI is InChI=1S/C7H13NO3/c1-3-6(5-11-4-2)7(9)8-10/h5,10H,3-4H2,1-2H3,(H,8,9). The van der Waals surface area contributed by atoms with Gasteiger partial charge in [0.2, 0.25) is 0 Å². The lowest BCUT2D eigenvalue weighted by Crippen LogP contribution is -2.20. The molecule has 2 N–H and O–H groups in total. The van der Waals surface area contributed by atoms with Gasteiger partial charge in [0.15, 0.2) is 0 Å². The molecule has 0 fully saturated rings. The first-order chi connectivity index (χ1) is 5.26. The van der Waals surface area contributed by atoms with Crippen molar-refractivity contribution < 1.29 is 14.7 Å². The predicted molar refractivity (Wildman–Crippen MR) is 39.9 cm³/mol. The molecule has 0 aromatic carbocycles. The summed E-state index contributed by atoms with van der Waals surface area (Å²) in [5, 5.41) is 8.24. The Morgan fingerprint density at radius 3 is 2.64 bits per heavy atom. The van der Waals surface area contributed by atoms with Gasteiger partial charge in [-0.2, -0.15) is 0 Å². The molecule has 1 amide bonds. The minimum atomic E-state index is -0.513. The van der Waals surface area contributed by atoms with Crippen LogP contribution >= 0.6 is 0 Å². The third-order valence-corrected chi connectivity index (χ3v) is 1.17. The minimum absolute atomic E-state index is 0.425. The first-order valence-electron chi connectivity index (χ1n) is 3.51. The number of rotatable bonds is 4. The normalized spacial score (nSPS) is 11.0. The maximum Gasteiger partial charge on any atom is 0.273 e. The lowest BCUT2D eigenvalue weighted by atomic mass is 10.2. The Morgan fingerprint density at radius 1 is 1.64 bits per heavy atom. The van der Waals surface area contributed by atoms with E-state index in [-0.39, 0.29) is 0 Å². The summed E-state index contributed by atoms with van der Waals surface area (Å²) < 4.78 is 4.88. The van der Waals surface area contributed by atoms with Gasteiger partial charge in [-0.1, -0.05) is 6.92 Å². The fraction of sp³-hybridized carbons (Fsp3) is 0.571. The summed E-state index contributed by atoms with van der Waals surface area (Å²) in [6, 6.07) is 0. The maximum absolute atomic E-state index is 10.7. The molecule has 0 bridgehead atoms. The molecular weight excluding hydrogens is 146 g/mol. The highest BCUT2D eigenvalue weighted by Gasteiger charge is 2.04. The van der Waals surface area contributed by atoms with E-state index in [9.17, 15) is 4.79 Å². The Morgan fingerprint density at radius 2 is 2.27 bits per heavy atom. The molecule has 0 aromatic heterocycles. The van der Waals surface area contributed by atoms with Gasteiger partial charge in [-0.25, -0.2) is 5.48 Å². The molecule has 0 aliphatic rings. The van der Waals surface area contributed by atoms with Gasteiger partial charge >= 0.3 is 0 Å². The van der Waals surface area contributed by atoms with Crippen molar-refractivity contribution in [2.24, 2.45) is 0 Å². The monoisotopic (exact) mass is 159 g/mol. The van der Waals surface area contributed by atoms with Crippen LogP contribution in [0.15, 0.2) is 11.8 Å². The minimum Gasteiger partial charge on any atom is -0.501 e. The number of hydrogen-bond acceptors (Lipinski definition) is 3. The summed E-state index contributed by atoms with van der Waals surface area (Å²) in [6.45, 7) is 4.14. The largest absolute Gasteiger partial charge is 0.501 e. The number of nitrogens with one attached hydrogen (secondary N) is 1. The van der Waals surface area contributed by atoms with Crippen molar-refractivity contribution >= 4 is 5.91 Å². The molecule has 0 aliphatic carbocycles. The van der Waals surface area contributed by atoms with Gasteiger partial charge < -0.3 is 4.74 Å². The quantitative estimate of drug-likeness (QED) is 0.276. The number of hydrogen-bond donors (Lipinski definition) is 2. The van der Waals surface area contributed by atoms with Crippen LogP contribution in [0.1, 0.15) is 20.3 Å². The topological polar surface area (TPSA) is 58.6 Å². The number of ether oxygens (including phenoxy) is 1. The molecule has 0 heterocycles. The average molecular weight is 159 g/mol. The van der Waals surface area contributed by atoms with E-state index in [1.54, 1.807) is 6.92 Å². The van der Waals surface area contributed by atoms with Gasteiger partial charge in [-0.15, -0.1) is 0 Å². The van der Waals surface area contributed by atoms with E-state index in [0.29, 0.717) is 18.6 Å². The zero-order valence-electron chi connectivity index (χ0n) is 6.76. The molecular formula is C7H13NO3. The number of carbonyl (C=O) groups is 1. The van der Waals surface area contributed by atoms with E-state index in [0.717, 1.165) is 0 Å². The van der Waals surface area contributed by atoms with Crippen molar-refractivity contribution in [3.63, 3.8) is 0 Å². The van der Waals surface area contributed by atoms with Crippen LogP contribution in [0.3, 0.4) is 0 Å². The molecule has 0 aromatic rings. The Kier molecular flexibility index (Phi) is 5.20. The van der Waals surface area contributed by atoms with Crippen LogP contribution in [0.4, 0.5) is 0 Å². The zero-order chi connectivity index (χ0) is 8.69. The smallest absolute Gasteiger partial charge is 0.273 e. The zero-order valence-corrected chi connectivity index (χ0v) is 6.76. The second-order valence-electron chi connectivity index (χ2n) is 1.89. The molecule has 0 saturated heterocycles. The van der Waals surface area contributed by atoms with Gasteiger partial charge in [-0.05, 0) is 13.3 Å². The lowest BCUT2D eigenvalue weighted by Gasteiger charge is -2.01. The molecule has 0 rings (SSSR count). The van der Waals surface area contributed by atoms with Crippen molar-refractivity contribution in [3.05, 3.63) is 11.8 Å². The molecule has 4 heteroatoms. The third-order valence-electron chi connectivity index (χ3n) is 1.17. The lowest BCUT2D eigenvalue weighted by molar-refractivity contribution is -0.125. The number of carbonyl (C=O) groups excluding carboxylic acids is 1. The van der Waals surface area contributed by atoms with Gasteiger partial charge in [0, 0.05) is 0 Å². The molecule has 4 nitrogen and oxygen atoms in total. The van der Waals surface area contributed by atoms with E-state index in [2.05, 4.69) is 0 Å². The second-order valence-corrected chi connectivity index (χ2v) is 1.89. The van der Waals surface area contributed by atoms with Crippen LogP contribution in [0, 0.1) is 0 Å². The van der Waals surface area contributed by atoms with Crippen LogP contribution in [0.25, 0.3) is 0 Å². The van der Waals surface area contributed by atoms with Crippen LogP contribution in [0.2, 0.25) is 0 Å². The fourth-order valence-electron chi connectivity index (χ4n) is 0.553. The van der Waals surface area contributed by atoms with Crippen LogP contribution in [-0.2, 0) is 9.53 Å². The molecule has 0 radical (unpaired) electrons. The summed E-state index contributed by atoms with van der Waals surface area (Å²) in [7, 11) is 0. The van der Waals surface area contributed by atoms with E-state index in [1.807, 2.05) is 6.92 Å². The predicted octanol–water partition coefficient (Wildman–Crippen LogP) is 0.822. The number of amides is 1. The SMILES string of the molecule is CCOC=C(CC)C(=O)NO. The van der Waals surface area contributed by atoms with Gasteiger partial charge in [0.05, 0.1) is 18.4 Å². The summed E-state index contributed by atoms with van der Waals surface area (Å²) in [6.07, 6.45) is 1.89. The van der Waals surface area contributed by atoms with Gasteiger partial charge in [0.25, 0.3) is 5.91 Å². The number of hydroxylamine groups is 1. The highest BCUT2D eigenvalue weighted by Crippen LogP contribution is 1.99. The van der Waals surface area contributed by atoms with Crippen molar-refractivity contribution in [2.75, 3.05) is 6.61 Å². The molecule has 0 aliphatic heterocycles. The van der Waals surface area contributed by atoms with E-state index >= 15 is 0 Å². The summed E-state index contributed by atoms with van der Waals surface area (Å²) in [4.78, 5) is 10.7. The van der Waals surface area contributed by atoms with E-state index in [1.165, 1.54) is 11.7 Å². The summed E-state index contributed by atoms with van der Waals surface area (Å²) in [5.74, 6) is -0.513. The molecule has 0 atom stereocenters. The highest BCUT2D eigenvalue weighted by molar-refractivity contribution is 5.92. The van der Waals surface area contributed by atoms with Gasteiger partial charge in [0.1, 0.15) is 0 Å². The first kappa shape index (κ1) is 9.97. The molecule has 11 heavy (non-hydrogen) atoms. The average Bonchev–Trinajstić information content (AvgIpc) is 2.05. The van der Waals surface area contributed by atoms with Crippen molar-refractivity contribution in [1.29, 1.82) is 0 Å². The maximum atomic E-state index is 10.7. The van der Waals surface area contributed by atoms with Crippen LogP contribution < -0.4 is 5.48 Å². The van der Waals surface area contributed by atoms with Gasteiger partial charge in [-0.3, -0.25) is 10.0 Å². The Labute approximate surface area is 65.8 Å². The van der Waals surface area contributed by atoms with Crippen LogP contribution in [-0.4, -0.2) is 17.7 Å². The van der Waals surface area contributed by atoms with Crippen molar-refractivity contribution in [2.45, 2.75) is 20.3 Å². The molecule has 0 spiro atoms.